The molecule has 0 atom stereocenters. The lowest BCUT2D eigenvalue weighted by Crippen LogP contribution is -2.12. The molecule has 5 nitrogen and oxygen atoms in total. The van der Waals surface area contributed by atoms with Crippen molar-refractivity contribution in [3.05, 3.63) is 65.2 Å². The molecule has 0 aliphatic carbocycles. The summed E-state index contributed by atoms with van der Waals surface area (Å²) in [6.07, 6.45) is -4.40. The van der Waals surface area contributed by atoms with Crippen LogP contribution in [0.15, 0.2) is 53.7 Å². The fourth-order valence-corrected chi connectivity index (χ4v) is 2.11. The van der Waals surface area contributed by atoms with Crippen LogP contribution in [0, 0.1) is 0 Å². The zero-order valence-corrected chi connectivity index (χ0v) is 14.7. The molecule has 0 fully saturated rings. The van der Waals surface area contributed by atoms with Gasteiger partial charge < -0.3 is 14.3 Å². The number of alkyl halides is 3. The topological polar surface area (TPSA) is 57.1 Å². The Morgan fingerprint density at radius 3 is 2.56 bits per heavy atom. The number of esters is 1. The van der Waals surface area contributed by atoms with E-state index in [9.17, 15) is 18.0 Å². The van der Waals surface area contributed by atoms with Crippen molar-refractivity contribution in [3.8, 4) is 5.75 Å². The lowest BCUT2D eigenvalue weighted by Gasteiger charge is -2.09. The van der Waals surface area contributed by atoms with Gasteiger partial charge in [0.05, 0.1) is 18.4 Å². The average Bonchev–Trinajstić information content (AvgIpc) is 2.65. The van der Waals surface area contributed by atoms with Gasteiger partial charge in [-0.2, -0.15) is 13.2 Å². The third-order valence-electron chi connectivity index (χ3n) is 3.52. The normalized spacial score (nSPS) is 11.8. The Balaban J connectivity index is 1.99. The van der Waals surface area contributed by atoms with E-state index in [1.165, 1.54) is 19.2 Å². The number of carbonyl (C=O) groups is 1. The van der Waals surface area contributed by atoms with E-state index in [-0.39, 0.29) is 13.2 Å². The van der Waals surface area contributed by atoms with E-state index < -0.39 is 17.7 Å². The van der Waals surface area contributed by atoms with Crippen LogP contribution in [0.3, 0.4) is 0 Å². The second-order valence-electron chi connectivity index (χ2n) is 5.54. The second kappa shape index (κ2) is 9.07. The quantitative estimate of drug-likeness (QED) is 0.410. The summed E-state index contributed by atoms with van der Waals surface area (Å²) in [5.41, 5.74) is 0.809. The third-order valence-corrected chi connectivity index (χ3v) is 3.52. The highest BCUT2D eigenvalue weighted by Crippen LogP contribution is 2.29. The van der Waals surface area contributed by atoms with Crippen LogP contribution in [0.25, 0.3) is 0 Å². The molecule has 0 heterocycles. The van der Waals surface area contributed by atoms with Crippen molar-refractivity contribution in [3.63, 3.8) is 0 Å². The lowest BCUT2D eigenvalue weighted by molar-refractivity contribution is -0.143. The number of hydrogen-bond acceptors (Lipinski definition) is 5. The van der Waals surface area contributed by atoms with Crippen molar-refractivity contribution in [1.29, 1.82) is 0 Å². The van der Waals surface area contributed by atoms with Crippen molar-refractivity contribution in [2.45, 2.75) is 19.7 Å². The molecule has 0 amide bonds. The number of rotatable bonds is 7. The molecule has 8 heteroatoms. The predicted octanol–water partition coefficient (Wildman–Crippen LogP) is 4.20. The Morgan fingerprint density at radius 1 is 1.11 bits per heavy atom. The Morgan fingerprint density at radius 2 is 1.85 bits per heavy atom. The fraction of sp³-hybridized carbons (Fsp3) is 0.263. The van der Waals surface area contributed by atoms with Crippen molar-refractivity contribution in [1.82, 2.24) is 0 Å². The van der Waals surface area contributed by atoms with Gasteiger partial charge in [-0.3, -0.25) is 0 Å². The van der Waals surface area contributed by atoms with Gasteiger partial charge in [-0.05, 0) is 36.8 Å². The van der Waals surface area contributed by atoms with E-state index in [1.807, 2.05) is 0 Å². The summed E-state index contributed by atoms with van der Waals surface area (Å²) in [6.45, 7) is 1.37. The number of oxime groups is 1. The van der Waals surface area contributed by atoms with Crippen LogP contribution in [0.4, 0.5) is 13.2 Å². The standard InChI is InChI=1S/C19H18F3NO4/c1-13(15-6-4-8-17(10-15)26-12-18(24)25-2)23-27-11-14-5-3-7-16(9-14)19(20,21)22/h3-10H,11-12H2,1-2H3/b23-13+. The molecule has 0 aliphatic rings. The molecule has 0 aromatic heterocycles. The minimum Gasteiger partial charge on any atom is -0.482 e. The van der Waals surface area contributed by atoms with Gasteiger partial charge in [-0.25, -0.2) is 4.79 Å². The SMILES string of the molecule is COC(=O)COc1cccc(/C(C)=N/OCc2cccc(C(F)(F)F)c2)c1. The van der Waals surface area contributed by atoms with Crippen LogP contribution < -0.4 is 4.74 Å². The molecular weight excluding hydrogens is 363 g/mol. The number of halogens is 3. The molecule has 0 N–H and O–H groups in total. The van der Waals surface area contributed by atoms with Gasteiger partial charge in [0.15, 0.2) is 6.61 Å². The van der Waals surface area contributed by atoms with E-state index in [2.05, 4.69) is 9.89 Å². The van der Waals surface area contributed by atoms with Crippen molar-refractivity contribution in [2.75, 3.05) is 13.7 Å². The summed E-state index contributed by atoms with van der Waals surface area (Å²) in [7, 11) is 1.26. The first-order valence-electron chi connectivity index (χ1n) is 7.92. The van der Waals surface area contributed by atoms with Crippen LogP contribution in [-0.4, -0.2) is 25.4 Å². The van der Waals surface area contributed by atoms with Crippen LogP contribution in [0.5, 0.6) is 5.75 Å². The van der Waals surface area contributed by atoms with Crippen LogP contribution in [0.1, 0.15) is 23.6 Å². The molecule has 0 saturated heterocycles. The Kier molecular flexibility index (Phi) is 6.81. The molecule has 2 aromatic carbocycles. The highest BCUT2D eigenvalue weighted by molar-refractivity contribution is 5.98. The van der Waals surface area contributed by atoms with E-state index >= 15 is 0 Å². The van der Waals surface area contributed by atoms with Gasteiger partial charge in [0.25, 0.3) is 0 Å². The van der Waals surface area contributed by atoms with E-state index in [4.69, 9.17) is 9.57 Å². The molecule has 0 saturated carbocycles. The first kappa shape index (κ1) is 20.3. The molecule has 2 rings (SSSR count). The zero-order chi connectivity index (χ0) is 19.9. The zero-order valence-electron chi connectivity index (χ0n) is 14.7. The minimum atomic E-state index is -4.40. The van der Waals surface area contributed by atoms with Gasteiger partial charge in [0.2, 0.25) is 0 Å². The summed E-state index contributed by atoms with van der Waals surface area (Å²) in [6, 6.07) is 11.7. The van der Waals surface area contributed by atoms with Crippen molar-refractivity contribution in [2.24, 2.45) is 5.16 Å². The van der Waals surface area contributed by atoms with E-state index in [1.54, 1.807) is 31.2 Å². The molecule has 0 radical (unpaired) electrons. The molecule has 0 bridgehead atoms. The smallest absolute Gasteiger partial charge is 0.416 e. The van der Waals surface area contributed by atoms with E-state index in [0.717, 1.165) is 12.1 Å². The summed E-state index contributed by atoms with van der Waals surface area (Å²) in [5.74, 6) is -0.0551. The monoisotopic (exact) mass is 381 g/mol. The molecule has 0 spiro atoms. The maximum absolute atomic E-state index is 12.7. The number of carbonyl (C=O) groups excluding carboxylic acids is 1. The Labute approximate surface area is 154 Å². The second-order valence-corrected chi connectivity index (χ2v) is 5.54. The third kappa shape index (κ3) is 6.32. The van der Waals surface area contributed by atoms with Crippen molar-refractivity contribution < 1.29 is 32.3 Å². The summed E-state index contributed by atoms with van der Waals surface area (Å²) >= 11 is 0. The van der Waals surface area contributed by atoms with Gasteiger partial charge in [0, 0.05) is 5.56 Å². The first-order valence-corrected chi connectivity index (χ1v) is 7.92. The van der Waals surface area contributed by atoms with Gasteiger partial charge >= 0.3 is 12.1 Å². The predicted molar refractivity (Wildman–Crippen MR) is 92.4 cm³/mol. The molecule has 144 valence electrons. The molecule has 0 aliphatic heterocycles. The van der Waals surface area contributed by atoms with Crippen LogP contribution in [0.2, 0.25) is 0 Å². The highest BCUT2D eigenvalue weighted by Gasteiger charge is 2.30. The minimum absolute atomic E-state index is 0.0974. The summed E-state index contributed by atoms with van der Waals surface area (Å²) in [5, 5.41) is 3.92. The highest BCUT2D eigenvalue weighted by atomic mass is 19.4. The summed E-state index contributed by atoms with van der Waals surface area (Å²) < 4.78 is 47.9. The number of hydrogen-bond donors (Lipinski definition) is 0. The number of ether oxygens (including phenoxy) is 2. The number of methoxy groups -OCH3 is 1. The molecular formula is C19H18F3NO4. The van der Waals surface area contributed by atoms with Crippen LogP contribution >= 0.6 is 0 Å². The molecule has 0 unspecified atom stereocenters. The average molecular weight is 381 g/mol. The van der Waals surface area contributed by atoms with Crippen LogP contribution in [-0.2, 0) is 27.2 Å². The largest absolute Gasteiger partial charge is 0.482 e. The summed E-state index contributed by atoms with van der Waals surface area (Å²) in [4.78, 5) is 16.3. The van der Waals surface area contributed by atoms with Gasteiger partial charge in [0.1, 0.15) is 12.4 Å². The Hall–Kier alpha value is -3.03. The van der Waals surface area contributed by atoms with Crippen molar-refractivity contribution >= 4 is 11.7 Å². The fourth-order valence-electron chi connectivity index (χ4n) is 2.11. The molecule has 2 aromatic rings. The number of benzene rings is 2. The number of nitrogens with zero attached hydrogens (tertiary/aromatic N) is 1. The Bertz CT molecular complexity index is 819. The van der Waals surface area contributed by atoms with E-state index in [0.29, 0.717) is 22.6 Å². The van der Waals surface area contributed by atoms with Gasteiger partial charge in [-0.15, -0.1) is 0 Å². The first-order chi connectivity index (χ1) is 12.8. The molecule has 27 heavy (non-hydrogen) atoms. The maximum atomic E-state index is 12.7. The van der Waals surface area contributed by atoms with Gasteiger partial charge in [-0.1, -0.05) is 29.4 Å². The maximum Gasteiger partial charge on any atom is 0.416 e. The lowest BCUT2D eigenvalue weighted by atomic mass is 10.1.